The number of fused-ring (bicyclic) bond motifs is 12. The van der Waals surface area contributed by atoms with Crippen molar-refractivity contribution >= 4 is 109 Å². The summed E-state index contributed by atoms with van der Waals surface area (Å²) < 4.78 is 15.8. The van der Waals surface area contributed by atoms with Crippen molar-refractivity contribution in [2.75, 3.05) is 0 Å². The molecule has 580 valence electrons. The Labute approximate surface area is 722 Å². The summed E-state index contributed by atoms with van der Waals surface area (Å²) in [6, 6.07) is 148. The molecule has 0 saturated carbocycles. The zero-order valence-electron chi connectivity index (χ0n) is 66.7. The van der Waals surface area contributed by atoms with Crippen LogP contribution in [-0.2, 0) is 0 Å². The van der Waals surface area contributed by atoms with E-state index in [-0.39, 0.29) is 0 Å². The molecule has 24 rings (SSSR count). The van der Waals surface area contributed by atoms with Crippen molar-refractivity contribution < 1.29 is 8.83 Å². The Morgan fingerprint density at radius 2 is 0.492 bits per heavy atom. The smallest absolute Gasteiger partial charge is 0.160 e. The number of furan rings is 2. The molecule has 8 heterocycles. The van der Waals surface area contributed by atoms with Crippen LogP contribution in [0.2, 0.25) is 0 Å². The second-order valence-corrected chi connectivity index (χ2v) is 33.0. The third-order valence-electron chi connectivity index (χ3n) is 23.4. The monoisotopic (exact) mass is 1620 g/mol. The fourth-order valence-electron chi connectivity index (χ4n) is 17.5. The van der Waals surface area contributed by atoms with Crippen molar-refractivity contribution in [3.63, 3.8) is 0 Å². The topological polar surface area (TPSA) is 104 Å². The Balaban J connectivity index is 0.000000143. The van der Waals surface area contributed by atoms with Crippen LogP contribution in [0.3, 0.4) is 0 Å². The number of nitrogens with zero attached hydrogens (tertiary/aromatic N) is 6. The largest absolute Gasteiger partial charge is 0.455 e. The molecular formula is C114H70N6O2S2. The van der Waals surface area contributed by atoms with Crippen molar-refractivity contribution in [3.05, 3.63) is 425 Å². The van der Waals surface area contributed by atoms with E-state index in [9.17, 15) is 0 Å². The van der Waals surface area contributed by atoms with Crippen LogP contribution in [0.15, 0.2) is 433 Å². The number of rotatable bonds is 14. The molecular weight excluding hydrogens is 1550 g/mol. The third-order valence-corrected chi connectivity index (χ3v) is 25.9. The second-order valence-electron chi connectivity index (χ2n) is 31.0. The van der Waals surface area contributed by atoms with Gasteiger partial charge in [0.15, 0.2) is 11.6 Å². The lowest BCUT2D eigenvalue weighted by molar-refractivity contribution is 0.670. The summed E-state index contributed by atoms with van der Waals surface area (Å²) in [6.45, 7) is 0. The van der Waals surface area contributed by atoms with E-state index in [1.807, 2.05) is 108 Å². The lowest BCUT2D eigenvalue weighted by atomic mass is 9.92. The van der Waals surface area contributed by atoms with E-state index < -0.39 is 0 Å². The molecule has 8 aromatic heterocycles. The normalized spacial score (nSPS) is 11.5. The Hall–Kier alpha value is -16.0. The molecule has 24 aromatic rings. The molecule has 0 aliphatic carbocycles. The molecule has 0 unspecified atom stereocenters. The van der Waals surface area contributed by atoms with Crippen LogP contribution in [-0.4, -0.2) is 29.9 Å². The van der Waals surface area contributed by atoms with Crippen molar-refractivity contribution in [2.45, 2.75) is 0 Å². The maximum absolute atomic E-state index is 6.73. The van der Waals surface area contributed by atoms with Gasteiger partial charge in [0, 0.05) is 129 Å². The van der Waals surface area contributed by atoms with Crippen LogP contribution < -0.4 is 0 Å². The highest BCUT2D eigenvalue weighted by Gasteiger charge is 2.29. The number of para-hydroxylation sites is 6. The van der Waals surface area contributed by atoms with Crippen molar-refractivity contribution in [1.29, 1.82) is 0 Å². The molecule has 16 aromatic carbocycles. The molecule has 0 spiro atoms. The molecule has 8 nitrogen and oxygen atoms in total. The van der Waals surface area contributed by atoms with Crippen LogP contribution >= 0.6 is 22.7 Å². The lowest BCUT2D eigenvalue weighted by Crippen LogP contribution is -1.96. The van der Waals surface area contributed by atoms with E-state index in [1.165, 1.54) is 9.40 Å². The maximum Gasteiger partial charge on any atom is 0.160 e. The Morgan fingerprint density at radius 3 is 0.927 bits per heavy atom. The molecule has 0 aliphatic heterocycles. The van der Waals surface area contributed by atoms with Gasteiger partial charge in [0.2, 0.25) is 0 Å². The first-order valence-electron chi connectivity index (χ1n) is 41.5. The van der Waals surface area contributed by atoms with E-state index in [0.29, 0.717) is 11.6 Å². The van der Waals surface area contributed by atoms with Gasteiger partial charge in [-0.05, 0) is 94.0 Å². The summed E-state index contributed by atoms with van der Waals surface area (Å²) in [6.07, 6.45) is 0. The van der Waals surface area contributed by atoms with Crippen LogP contribution in [0.1, 0.15) is 0 Å². The molecule has 0 fully saturated rings. The molecule has 0 radical (unpaired) electrons. The fraction of sp³-hybridized carbons (Fsp3) is 0. The number of pyridine rings is 2. The first-order valence-corrected chi connectivity index (χ1v) is 43.2. The molecule has 0 amide bonds. The summed E-state index contributed by atoms with van der Waals surface area (Å²) >= 11 is 3.64. The summed E-state index contributed by atoms with van der Waals surface area (Å²) in [7, 11) is 0. The SMILES string of the molecule is c1ccc(-c2cc(-c3ccc(-c4ccc(-c5c(-c6cccc7c6oc6ccccc67)sc6c5c(-c5ccccc5)nc5ccccc56)cc4)cc3)nc(-c3ccccc3)n2)cc1.c1ccc(-c2cc(-c3cccc(-c4cccc(-c5c(-c6cccc7c6oc6ccccc67)sc6c5c(-c5ccccc5)nc5ccccc56)c4)c3)nc(-c3ccccc3)n2)cc1. The Bertz CT molecular complexity index is 8080. The zero-order valence-corrected chi connectivity index (χ0v) is 68.4. The molecule has 0 aliphatic rings. The van der Waals surface area contributed by atoms with Crippen molar-refractivity contribution in [2.24, 2.45) is 0 Å². The number of thiophene rings is 2. The van der Waals surface area contributed by atoms with E-state index in [0.717, 1.165) is 221 Å². The summed E-state index contributed by atoms with van der Waals surface area (Å²) in [5, 5.41) is 9.01. The molecule has 0 atom stereocenters. The number of benzene rings is 16. The van der Waals surface area contributed by atoms with Crippen molar-refractivity contribution in [3.8, 4) is 156 Å². The summed E-state index contributed by atoms with van der Waals surface area (Å²) in [5.74, 6) is 1.40. The molecule has 0 bridgehead atoms. The molecule has 0 saturated heterocycles. The second kappa shape index (κ2) is 31.3. The summed E-state index contributed by atoms with van der Waals surface area (Å²) in [5.41, 5.74) is 30.4. The van der Waals surface area contributed by atoms with Crippen LogP contribution in [0, 0.1) is 0 Å². The quantitative estimate of drug-likeness (QED) is 0.106. The van der Waals surface area contributed by atoms with Gasteiger partial charge in [-0.25, -0.2) is 29.9 Å². The minimum Gasteiger partial charge on any atom is -0.455 e. The van der Waals surface area contributed by atoms with Gasteiger partial charge < -0.3 is 8.83 Å². The van der Waals surface area contributed by atoms with E-state index in [2.05, 4.69) is 340 Å². The van der Waals surface area contributed by atoms with Gasteiger partial charge in [-0.3, -0.25) is 0 Å². The van der Waals surface area contributed by atoms with Gasteiger partial charge in [-0.15, -0.1) is 22.7 Å². The van der Waals surface area contributed by atoms with Gasteiger partial charge in [0.25, 0.3) is 0 Å². The lowest BCUT2D eigenvalue weighted by Gasteiger charge is -2.13. The van der Waals surface area contributed by atoms with E-state index >= 15 is 0 Å². The van der Waals surface area contributed by atoms with Crippen molar-refractivity contribution in [1.82, 2.24) is 29.9 Å². The third kappa shape index (κ3) is 13.3. The Morgan fingerprint density at radius 1 is 0.194 bits per heavy atom. The Kier molecular flexibility index (Phi) is 18.5. The molecule has 124 heavy (non-hydrogen) atoms. The van der Waals surface area contributed by atoms with Gasteiger partial charge in [0.1, 0.15) is 22.3 Å². The zero-order chi connectivity index (χ0) is 82.0. The summed E-state index contributed by atoms with van der Waals surface area (Å²) in [4.78, 5) is 33.3. The highest BCUT2D eigenvalue weighted by molar-refractivity contribution is 7.24. The van der Waals surface area contributed by atoms with E-state index in [4.69, 9.17) is 38.7 Å². The van der Waals surface area contributed by atoms with Crippen LogP contribution in [0.4, 0.5) is 0 Å². The number of hydrogen-bond acceptors (Lipinski definition) is 10. The van der Waals surface area contributed by atoms with Gasteiger partial charge in [-0.1, -0.05) is 364 Å². The number of aromatic nitrogens is 6. The van der Waals surface area contributed by atoms with Gasteiger partial charge in [0.05, 0.1) is 45.2 Å². The van der Waals surface area contributed by atoms with Gasteiger partial charge in [-0.2, -0.15) is 0 Å². The van der Waals surface area contributed by atoms with Crippen LogP contribution in [0.25, 0.3) is 242 Å². The predicted octanol–water partition coefficient (Wildman–Crippen LogP) is 31.6. The average Bonchev–Trinajstić information content (AvgIpc) is 1.56. The van der Waals surface area contributed by atoms with Crippen LogP contribution in [0.5, 0.6) is 0 Å². The number of hydrogen-bond donors (Lipinski definition) is 0. The first kappa shape index (κ1) is 73.2. The predicted molar refractivity (Wildman–Crippen MR) is 516 cm³/mol. The first-order chi connectivity index (χ1) is 61.5. The highest BCUT2D eigenvalue weighted by atomic mass is 32.1. The maximum atomic E-state index is 6.73. The van der Waals surface area contributed by atoms with E-state index in [1.54, 1.807) is 0 Å². The standard InChI is InChI=1S/2C57H35N3OS/c1-4-17-36(18-5-1)48-35-49(60-57(59-48)38-21-8-3-9-22-38)41-25-14-23-39(33-41)40-24-15-26-42(34-40)51-52-53(37-19-6-2-7-20-37)58-47-31-12-10-28-45(47)55(52)62-56(51)46-30-16-29-44-43-27-11-13-32-50(43)61-54(44)46;1-4-15-38(16-5-1)48-35-49(60-57(59-48)42-19-8-3-9-20-42)39-31-27-36(28-32-39)37-29-33-40(34-30-37)51-52-53(41-17-6-2-7-18-41)58-47-25-12-10-22-45(47)55(52)62-56(51)46-24-14-23-44-43-21-11-13-26-50(43)61-54(44)46/h2*1-35H. The highest BCUT2D eigenvalue weighted by Crippen LogP contribution is 2.55. The molecule has 0 N–H and O–H groups in total. The fourth-order valence-corrected chi connectivity index (χ4v) is 20.2. The molecule has 10 heteroatoms. The van der Waals surface area contributed by atoms with Gasteiger partial charge >= 0.3 is 0 Å². The minimum atomic E-state index is 0.695. The minimum absolute atomic E-state index is 0.695. The average molecular weight is 1620 g/mol.